The molecule has 0 radical (unpaired) electrons. The Morgan fingerprint density at radius 2 is 2.15 bits per heavy atom. The van der Waals surface area contributed by atoms with Gasteiger partial charge < -0.3 is 15.1 Å². The van der Waals surface area contributed by atoms with Crippen LogP contribution in [0.25, 0.3) is 0 Å². The molecule has 1 N–H and O–H groups in total. The van der Waals surface area contributed by atoms with E-state index in [9.17, 15) is 0 Å². The zero-order chi connectivity index (χ0) is 9.10. The highest BCUT2D eigenvalue weighted by Gasteiger charge is 2.20. The summed E-state index contributed by atoms with van der Waals surface area (Å²) in [5.41, 5.74) is 0. The lowest BCUT2D eigenvalue weighted by molar-refractivity contribution is 0.134. The van der Waals surface area contributed by atoms with Gasteiger partial charge in [-0.1, -0.05) is 0 Å². The van der Waals surface area contributed by atoms with Crippen LogP contribution in [0.2, 0.25) is 0 Å². The van der Waals surface area contributed by atoms with Crippen LogP contribution in [0.15, 0.2) is 0 Å². The molecule has 1 atom stereocenters. The largest absolute Gasteiger partial charge is 0.314 e. The number of likely N-dealkylation sites (N-methyl/N-ethyl adjacent to an activating group) is 1. The van der Waals surface area contributed by atoms with Crippen LogP contribution in [0, 0.1) is 0 Å². The van der Waals surface area contributed by atoms with Gasteiger partial charge >= 0.3 is 0 Å². The molecule has 2 rings (SSSR count). The molecular formula is C10H21N3. The van der Waals surface area contributed by atoms with Crippen LogP contribution < -0.4 is 5.32 Å². The summed E-state index contributed by atoms with van der Waals surface area (Å²) in [6.45, 7) is 7.54. The quantitative estimate of drug-likeness (QED) is 0.664. The molecule has 0 spiro atoms. The lowest BCUT2D eigenvalue weighted by Crippen LogP contribution is -2.51. The van der Waals surface area contributed by atoms with Crippen molar-refractivity contribution in [2.24, 2.45) is 0 Å². The van der Waals surface area contributed by atoms with Crippen molar-refractivity contribution in [3.8, 4) is 0 Å². The molecule has 3 heteroatoms. The minimum Gasteiger partial charge on any atom is -0.314 e. The minimum absolute atomic E-state index is 0.773. The summed E-state index contributed by atoms with van der Waals surface area (Å²) in [6, 6.07) is 0.773. The van der Waals surface area contributed by atoms with Crippen LogP contribution >= 0.6 is 0 Å². The summed E-state index contributed by atoms with van der Waals surface area (Å²) in [5, 5.41) is 3.46. The van der Waals surface area contributed by atoms with Crippen molar-refractivity contribution in [3.63, 3.8) is 0 Å². The molecular weight excluding hydrogens is 162 g/mol. The van der Waals surface area contributed by atoms with Gasteiger partial charge in [0.15, 0.2) is 0 Å². The fourth-order valence-electron chi connectivity index (χ4n) is 2.12. The summed E-state index contributed by atoms with van der Waals surface area (Å²) >= 11 is 0. The molecule has 0 aromatic rings. The highest BCUT2D eigenvalue weighted by molar-refractivity contribution is 4.79. The van der Waals surface area contributed by atoms with Crippen molar-refractivity contribution in [2.75, 3.05) is 46.3 Å². The molecule has 2 fully saturated rings. The highest BCUT2D eigenvalue weighted by atomic mass is 15.2. The molecule has 13 heavy (non-hydrogen) atoms. The topological polar surface area (TPSA) is 18.5 Å². The van der Waals surface area contributed by atoms with E-state index in [1.54, 1.807) is 0 Å². The molecule has 0 aromatic heterocycles. The van der Waals surface area contributed by atoms with Crippen molar-refractivity contribution in [3.05, 3.63) is 0 Å². The van der Waals surface area contributed by atoms with Crippen LogP contribution in [0.3, 0.4) is 0 Å². The Kier molecular flexibility index (Phi) is 3.19. The summed E-state index contributed by atoms with van der Waals surface area (Å²) in [4.78, 5) is 5.05. The zero-order valence-electron chi connectivity index (χ0n) is 8.63. The number of piperazine rings is 1. The second-order valence-corrected chi connectivity index (χ2v) is 4.32. The number of hydrogen-bond donors (Lipinski definition) is 1. The first kappa shape index (κ1) is 9.44. The standard InChI is InChI=1S/C10H21N3/c1-12-8-4-11-9-10(12)3-7-13-5-2-6-13/h10-11H,2-9H2,1H3/t10-/m1/s1. The fraction of sp³-hybridized carbons (Fsp3) is 1.00. The number of nitrogens with zero attached hydrogens (tertiary/aromatic N) is 2. The van der Waals surface area contributed by atoms with Crippen LogP contribution in [-0.4, -0.2) is 62.2 Å². The van der Waals surface area contributed by atoms with Gasteiger partial charge in [-0.05, 0) is 39.5 Å². The molecule has 0 bridgehead atoms. The van der Waals surface area contributed by atoms with Gasteiger partial charge in [0.2, 0.25) is 0 Å². The van der Waals surface area contributed by atoms with Gasteiger partial charge in [0, 0.05) is 25.7 Å². The molecule has 0 saturated carbocycles. The first-order chi connectivity index (χ1) is 6.36. The first-order valence-corrected chi connectivity index (χ1v) is 5.49. The lowest BCUT2D eigenvalue weighted by Gasteiger charge is -2.37. The Morgan fingerprint density at radius 1 is 1.31 bits per heavy atom. The smallest absolute Gasteiger partial charge is 0.0230 e. The van der Waals surface area contributed by atoms with Gasteiger partial charge in [-0.25, -0.2) is 0 Å². The Bertz CT molecular complexity index is 156. The maximum absolute atomic E-state index is 3.46. The predicted molar refractivity (Wildman–Crippen MR) is 55.0 cm³/mol. The van der Waals surface area contributed by atoms with Crippen LogP contribution in [0.1, 0.15) is 12.8 Å². The predicted octanol–water partition coefficient (Wildman–Crippen LogP) is -0.0142. The second kappa shape index (κ2) is 4.40. The van der Waals surface area contributed by atoms with Crippen molar-refractivity contribution >= 4 is 0 Å². The third-order valence-electron chi connectivity index (χ3n) is 3.37. The summed E-state index contributed by atoms with van der Waals surface area (Å²) < 4.78 is 0. The summed E-state index contributed by atoms with van der Waals surface area (Å²) in [6.07, 6.45) is 2.75. The Morgan fingerprint density at radius 3 is 2.77 bits per heavy atom. The monoisotopic (exact) mass is 183 g/mol. The molecule has 3 nitrogen and oxygen atoms in total. The minimum atomic E-state index is 0.773. The fourth-order valence-corrected chi connectivity index (χ4v) is 2.12. The summed E-state index contributed by atoms with van der Waals surface area (Å²) in [5.74, 6) is 0. The van der Waals surface area contributed by atoms with Gasteiger partial charge in [-0.2, -0.15) is 0 Å². The molecule has 0 unspecified atom stereocenters. The van der Waals surface area contributed by atoms with Crippen molar-refractivity contribution < 1.29 is 0 Å². The molecule has 2 heterocycles. The van der Waals surface area contributed by atoms with Gasteiger partial charge in [0.25, 0.3) is 0 Å². The Hall–Kier alpha value is -0.120. The molecule has 2 aliphatic heterocycles. The maximum Gasteiger partial charge on any atom is 0.0230 e. The van der Waals surface area contributed by atoms with Crippen molar-refractivity contribution in [2.45, 2.75) is 18.9 Å². The molecule has 2 aliphatic rings. The van der Waals surface area contributed by atoms with Crippen molar-refractivity contribution in [1.29, 1.82) is 0 Å². The van der Waals surface area contributed by atoms with Gasteiger partial charge in [0.1, 0.15) is 0 Å². The van der Waals surface area contributed by atoms with E-state index in [1.807, 2.05) is 0 Å². The Balaban J connectivity index is 1.66. The molecule has 0 amide bonds. The van der Waals surface area contributed by atoms with E-state index in [0.29, 0.717) is 0 Å². The van der Waals surface area contributed by atoms with E-state index < -0.39 is 0 Å². The van der Waals surface area contributed by atoms with Crippen LogP contribution in [0.4, 0.5) is 0 Å². The molecule has 0 aliphatic carbocycles. The second-order valence-electron chi connectivity index (χ2n) is 4.32. The number of rotatable bonds is 3. The van der Waals surface area contributed by atoms with E-state index in [-0.39, 0.29) is 0 Å². The normalized spacial score (nSPS) is 31.6. The Labute approximate surface area is 81.1 Å². The third kappa shape index (κ3) is 2.42. The third-order valence-corrected chi connectivity index (χ3v) is 3.37. The summed E-state index contributed by atoms with van der Waals surface area (Å²) in [7, 11) is 2.25. The van der Waals surface area contributed by atoms with E-state index in [1.165, 1.54) is 45.6 Å². The average Bonchev–Trinajstić information content (AvgIpc) is 2.05. The lowest BCUT2D eigenvalue weighted by atomic mass is 10.1. The van der Waals surface area contributed by atoms with Gasteiger partial charge in [-0.3, -0.25) is 0 Å². The van der Waals surface area contributed by atoms with Gasteiger partial charge in [-0.15, -0.1) is 0 Å². The number of hydrogen-bond acceptors (Lipinski definition) is 3. The molecule has 2 saturated heterocycles. The average molecular weight is 183 g/mol. The molecule has 0 aromatic carbocycles. The number of nitrogens with one attached hydrogen (secondary N) is 1. The maximum atomic E-state index is 3.46. The SMILES string of the molecule is CN1CCNC[C@H]1CCN1CCC1. The van der Waals surface area contributed by atoms with Crippen LogP contribution in [0.5, 0.6) is 0 Å². The van der Waals surface area contributed by atoms with Gasteiger partial charge in [0.05, 0.1) is 0 Å². The highest BCUT2D eigenvalue weighted by Crippen LogP contribution is 2.10. The zero-order valence-corrected chi connectivity index (χ0v) is 8.63. The van der Waals surface area contributed by atoms with E-state index in [4.69, 9.17) is 0 Å². The van der Waals surface area contributed by atoms with E-state index in [2.05, 4.69) is 22.2 Å². The van der Waals surface area contributed by atoms with E-state index in [0.717, 1.165) is 12.6 Å². The van der Waals surface area contributed by atoms with E-state index >= 15 is 0 Å². The van der Waals surface area contributed by atoms with Crippen molar-refractivity contribution in [1.82, 2.24) is 15.1 Å². The van der Waals surface area contributed by atoms with Crippen LogP contribution in [-0.2, 0) is 0 Å². The number of likely N-dealkylation sites (tertiary alicyclic amines) is 1. The molecule has 76 valence electrons. The first-order valence-electron chi connectivity index (χ1n) is 5.49.